The summed E-state index contributed by atoms with van der Waals surface area (Å²) >= 11 is 0. The van der Waals surface area contributed by atoms with Crippen LogP contribution in [-0.4, -0.2) is 50.7 Å². The maximum Gasteiger partial charge on any atom is 0.426 e. The van der Waals surface area contributed by atoms with Crippen molar-refractivity contribution in [1.29, 1.82) is 0 Å². The predicted octanol–water partition coefficient (Wildman–Crippen LogP) is 2.26. The van der Waals surface area contributed by atoms with Crippen LogP contribution in [0.25, 0.3) is 21.9 Å². The van der Waals surface area contributed by atoms with E-state index in [2.05, 4.69) is 25.3 Å². The van der Waals surface area contributed by atoms with Crippen molar-refractivity contribution in [3.63, 3.8) is 0 Å². The van der Waals surface area contributed by atoms with Gasteiger partial charge in [0.05, 0.1) is 11.7 Å². The van der Waals surface area contributed by atoms with Gasteiger partial charge in [0, 0.05) is 48.2 Å². The molecule has 3 aromatic heterocycles. The molecule has 4 heterocycles. The van der Waals surface area contributed by atoms with E-state index in [0.29, 0.717) is 19.6 Å². The summed E-state index contributed by atoms with van der Waals surface area (Å²) in [5.41, 5.74) is 2.68. The Bertz CT molecular complexity index is 937. The first-order valence-corrected chi connectivity index (χ1v) is 8.46. The molecular formula is C17H20N6O2. The molecule has 0 bridgehead atoms. The van der Waals surface area contributed by atoms with Crippen molar-refractivity contribution in [1.82, 2.24) is 30.3 Å². The number of H-pyrrole nitrogens is 1. The summed E-state index contributed by atoms with van der Waals surface area (Å²) in [6, 6.07) is 1.97. The lowest BCUT2D eigenvalue weighted by Crippen LogP contribution is -2.32. The van der Waals surface area contributed by atoms with E-state index in [1.807, 2.05) is 19.9 Å². The standard InChI is InChI=1S/C17H20N6O2/c1-3-18-17(24)25-23-7-5-11(9-23)15-14-12-4-6-19-16(12)20-8-13(14)21-10(2)22-15/h4,6,8,11H,3,5,7,9H2,1-2H3,(H,18,24)(H,21,22). The first-order valence-electron chi connectivity index (χ1n) is 8.46. The Labute approximate surface area is 144 Å². The molecule has 8 heteroatoms. The fourth-order valence-corrected chi connectivity index (χ4v) is 3.43. The van der Waals surface area contributed by atoms with Gasteiger partial charge in [0.25, 0.3) is 0 Å². The van der Waals surface area contributed by atoms with Crippen molar-refractivity contribution < 1.29 is 9.63 Å². The highest BCUT2D eigenvalue weighted by atomic mass is 16.7. The minimum Gasteiger partial charge on any atom is -0.351 e. The van der Waals surface area contributed by atoms with Crippen LogP contribution in [0.3, 0.4) is 0 Å². The van der Waals surface area contributed by atoms with Crippen molar-refractivity contribution in [2.75, 3.05) is 19.6 Å². The second-order valence-corrected chi connectivity index (χ2v) is 6.22. The number of pyridine rings is 1. The zero-order chi connectivity index (χ0) is 17.4. The number of nitrogens with zero attached hydrogens (tertiary/aromatic N) is 4. The second kappa shape index (κ2) is 6.29. The Morgan fingerprint density at radius 2 is 2.36 bits per heavy atom. The average molecular weight is 340 g/mol. The van der Waals surface area contributed by atoms with Gasteiger partial charge in [-0.15, -0.1) is 5.06 Å². The summed E-state index contributed by atoms with van der Waals surface area (Å²) < 4.78 is 0. The zero-order valence-electron chi connectivity index (χ0n) is 14.2. The first kappa shape index (κ1) is 15.8. The van der Waals surface area contributed by atoms with Gasteiger partial charge in [0.2, 0.25) is 0 Å². The van der Waals surface area contributed by atoms with E-state index in [1.54, 1.807) is 17.5 Å². The Morgan fingerprint density at radius 3 is 3.20 bits per heavy atom. The van der Waals surface area contributed by atoms with Gasteiger partial charge in [0.1, 0.15) is 5.82 Å². The van der Waals surface area contributed by atoms with E-state index in [-0.39, 0.29) is 5.92 Å². The number of amides is 1. The van der Waals surface area contributed by atoms with E-state index in [1.165, 1.54) is 0 Å². The van der Waals surface area contributed by atoms with Gasteiger partial charge in [0.15, 0.2) is 5.65 Å². The Hall–Kier alpha value is -2.74. The number of aromatic nitrogens is 4. The molecule has 2 N–H and O–H groups in total. The summed E-state index contributed by atoms with van der Waals surface area (Å²) in [6.07, 6.45) is 4.02. The van der Waals surface area contributed by atoms with Crippen LogP contribution < -0.4 is 5.32 Å². The summed E-state index contributed by atoms with van der Waals surface area (Å²) in [5.74, 6) is 1.06. The molecule has 1 atom stereocenters. The molecule has 0 radical (unpaired) electrons. The van der Waals surface area contributed by atoms with Gasteiger partial charge in [-0.25, -0.2) is 19.7 Å². The van der Waals surface area contributed by atoms with E-state index < -0.39 is 6.09 Å². The van der Waals surface area contributed by atoms with Gasteiger partial charge in [-0.2, -0.15) is 0 Å². The van der Waals surface area contributed by atoms with Gasteiger partial charge in [-0.05, 0) is 26.3 Å². The summed E-state index contributed by atoms with van der Waals surface area (Å²) in [4.78, 5) is 33.7. The van der Waals surface area contributed by atoms with E-state index >= 15 is 0 Å². The smallest absolute Gasteiger partial charge is 0.351 e. The molecular weight excluding hydrogens is 320 g/mol. The number of rotatable bonds is 3. The molecule has 1 fully saturated rings. The van der Waals surface area contributed by atoms with Crippen molar-refractivity contribution in [2.24, 2.45) is 0 Å². The monoisotopic (exact) mass is 340 g/mol. The van der Waals surface area contributed by atoms with Crippen LogP contribution in [0.1, 0.15) is 30.8 Å². The lowest BCUT2D eigenvalue weighted by Gasteiger charge is -2.17. The minimum absolute atomic E-state index is 0.221. The lowest BCUT2D eigenvalue weighted by atomic mass is 9.99. The third-order valence-electron chi connectivity index (χ3n) is 4.48. The molecule has 130 valence electrons. The first-order chi connectivity index (χ1) is 12.2. The van der Waals surface area contributed by atoms with Crippen molar-refractivity contribution in [3.8, 4) is 0 Å². The average Bonchev–Trinajstić information content (AvgIpc) is 3.22. The number of carbonyl (C=O) groups excluding carboxylic acids is 1. The summed E-state index contributed by atoms with van der Waals surface area (Å²) in [6.45, 7) is 5.69. The van der Waals surface area contributed by atoms with Crippen molar-refractivity contribution >= 4 is 28.0 Å². The summed E-state index contributed by atoms with van der Waals surface area (Å²) in [5, 5.41) is 6.42. The molecule has 0 aromatic carbocycles. The quantitative estimate of drug-likeness (QED) is 0.759. The number of carbonyl (C=O) groups is 1. The molecule has 8 nitrogen and oxygen atoms in total. The number of aromatic amines is 1. The molecule has 1 unspecified atom stereocenters. The van der Waals surface area contributed by atoms with Crippen LogP contribution in [0.5, 0.6) is 0 Å². The Kier molecular flexibility index (Phi) is 3.96. The predicted molar refractivity (Wildman–Crippen MR) is 93.0 cm³/mol. The third kappa shape index (κ3) is 2.89. The number of fused-ring (bicyclic) bond motifs is 3. The highest BCUT2D eigenvalue weighted by Gasteiger charge is 2.29. The number of hydrogen-bond acceptors (Lipinski definition) is 6. The minimum atomic E-state index is -0.408. The molecule has 0 aliphatic carbocycles. The van der Waals surface area contributed by atoms with Crippen LogP contribution in [-0.2, 0) is 4.84 Å². The van der Waals surface area contributed by atoms with E-state index in [9.17, 15) is 4.79 Å². The van der Waals surface area contributed by atoms with Crippen LogP contribution in [0.4, 0.5) is 4.79 Å². The third-order valence-corrected chi connectivity index (χ3v) is 4.48. The van der Waals surface area contributed by atoms with Crippen LogP contribution in [0.15, 0.2) is 18.5 Å². The highest BCUT2D eigenvalue weighted by molar-refractivity contribution is 6.04. The molecule has 3 aromatic rings. The molecule has 1 aliphatic heterocycles. The highest BCUT2D eigenvalue weighted by Crippen LogP contribution is 2.33. The maximum absolute atomic E-state index is 11.6. The van der Waals surface area contributed by atoms with Crippen molar-refractivity contribution in [2.45, 2.75) is 26.2 Å². The van der Waals surface area contributed by atoms with Crippen molar-refractivity contribution in [3.05, 3.63) is 30.0 Å². The van der Waals surface area contributed by atoms with Gasteiger partial charge in [-0.1, -0.05) is 0 Å². The molecule has 0 spiro atoms. The van der Waals surface area contributed by atoms with Crippen LogP contribution in [0.2, 0.25) is 0 Å². The number of hydrogen-bond donors (Lipinski definition) is 2. The van der Waals surface area contributed by atoms with Crippen LogP contribution >= 0.6 is 0 Å². The van der Waals surface area contributed by atoms with E-state index in [4.69, 9.17) is 4.84 Å². The zero-order valence-corrected chi connectivity index (χ0v) is 14.2. The molecule has 25 heavy (non-hydrogen) atoms. The topological polar surface area (TPSA) is 96.0 Å². The number of nitrogens with one attached hydrogen (secondary N) is 2. The molecule has 4 rings (SSSR count). The van der Waals surface area contributed by atoms with Gasteiger partial charge >= 0.3 is 6.09 Å². The number of hydroxylamine groups is 2. The SMILES string of the molecule is CCNC(=O)ON1CCC(c2[nH]c(C)nc3cnc4nccc4c23)C1. The lowest BCUT2D eigenvalue weighted by molar-refractivity contribution is -0.0813. The van der Waals surface area contributed by atoms with Gasteiger partial charge < -0.3 is 15.1 Å². The Balaban J connectivity index is 1.69. The molecule has 1 amide bonds. The summed E-state index contributed by atoms with van der Waals surface area (Å²) in [7, 11) is 0. The Morgan fingerprint density at radius 1 is 1.48 bits per heavy atom. The molecule has 1 aliphatic rings. The molecule has 0 saturated carbocycles. The van der Waals surface area contributed by atoms with Gasteiger partial charge in [-0.3, -0.25) is 0 Å². The molecule has 1 saturated heterocycles. The largest absolute Gasteiger partial charge is 0.426 e. The number of aryl methyl sites for hydroxylation is 1. The van der Waals surface area contributed by atoms with Crippen LogP contribution in [0, 0.1) is 6.92 Å². The fraction of sp³-hybridized carbons (Fsp3) is 0.412. The van der Waals surface area contributed by atoms with E-state index in [0.717, 1.165) is 39.9 Å². The normalized spacial score (nSPS) is 18.1. The second-order valence-electron chi connectivity index (χ2n) is 6.22. The fourth-order valence-electron chi connectivity index (χ4n) is 3.43. The maximum atomic E-state index is 11.6.